The quantitative estimate of drug-likeness (QED) is 0.679. The molecule has 0 bridgehead atoms. The molecule has 27 heavy (non-hydrogen) atoms. The molecule has 0 unspecified atom stereocenters. The minimum absolute atomic E-state index is 0.291. The van der Waals surface area contributed by atoms with Gasteiger partial charge in [-0.2, -0.15) is 0 Å². The normalized spacial score (nSPS) is 12.8. The largest absolute Gasteiger partial charge is 0.462 e. The Morgan fingerprint density at radius 1 is 1.22 bits per heavy atom. The molecule has 0 radical (unpaired) electrons. The van der Waals surface area contributed by atoms with Crippen LogP contribution in [0.3, 0.4) is 0 Å². The van der Waals surface area contributed by atoms with E-state index in [2.05, 4.69) is 10.6 Å². The van der Waals surface area contributed by atoms with Gasteiger partial charge in [0.2, 0.25) is 0 Å². The van der Waals surface area contributed by atoms with Crippen LogP contribution in [0.1, 0.15) is 38.1 Å². The van der Waals surface area contributed by atoms with Gasteiger partial charge in [-0.3, -0.25) is 10.1 Å². The van der Waals surface area contributed by atoms with Gasteiger partial charge in [-0.1, -0.05) is 0 Å². The molecule has 2 heterocycles. The van der Waals surface area contributed by atoms with Gasteiger partial charge in [0, 0.05) is 10.6 Å². The first-order valence-corrected chi connectivity index (χ1v) is 9.18. The molecule has 9 heteroatoms. The first kappa shape index (κ1) is 18.9. The zero-order chi connectivity index (χ0) is 19.4. The lowest BCUT2D eigenvalue weighted by molar-refractivity contribution is 0.0526. The molecular weight excluding hydrogens is 370 g/mol. The molecule has 8 nitrogen and oxygen atoms in total. The third kappa shape index (κ3) is 4.26. The fourth-order valence-corrected chi connectivity index (χ4v) is 3.94. The summed E-state index contributed by atoms with van der Waals surface area (Å²) in [6, 6.07) is 5.79. The number of hydrogen-bond acceptors (Lipinski definition) is 6. The van der Waals surface area contributed by atoms with E-state index in [0.29, 0.717) is 48.1 Å². The van der Waals surface area contributed by atoms with Crippen LogP contribution in [0.15, 0.2) is 24.3 Å². The number of primary amides is 1. The molecule has 142 valence electrons. The fraction of sp³-hybridized carbons (Fsp3) is 0.278. The average Bonchev–Trinajstić information content (AvgIpc) is 3.00. The van der Waals surface area contributed by atoms with Gasteiger partial charge >= 0.3 is 12.0 Å². The number of ether oxygens (including phenoxy) is 2. The van der Waals surface area contributed by atoms with Crippen molar-refractivity contribution in [3.63, 3.8) is 0 Å². The Morgan fingerprint density at radius 2 is 1.96 bits per heavy atom. The number of hydrogen-bond donors (Lipinski definition) is 3. The van der Waals surface area contributed by atoms with Gasteiger partial charge in [0.25, 0.3) is 5.91 Å². The number of nitrogens with two attached hydrogens (primary N) is 1. The lowest BCUT2D eigenvalue weighted by Gasteiger charge is -2.12. The zero-order valence-corrected chi connectivity index (χ0v) is 15.5. The molecule has 0 aliphatic carbocycles. The summed E-state index contributed by atoms with van der Waals surface area (Å²) < 4.78 is 10.3. The number of rotatable bonds is 5. The number of amides is 3. The maximum atomic E-state index is 12.3. The maximum absolute atomic E-state index is 12.3. The van der Waals surface area contributed by atoms with E-state index < -0.39 is 17.9 Å². The molecule has 0 fully saturated rings. The van der Waals surface area contributed by atoms with E-state index in [4.69, 9.17) is 15.2 Å². The van der Waals surface area contributed by atoms with Crippen LogP contribution in [0.25, 0.3) is 0 Å². The Labute approximate surface area is 159 Å². The van der Waals surface area contributed by atoms with Crippen molar-refractivity contribution in [3.05, 3.63) is 45.8 Å². The van der Waals surface area contributed by atoms with Gasteiger partial charge < -0.3 is 20.5 Å². The van der Waals surface area contributed by atoms with E-state index in [1.165, 1.54) is 11.3 Å². The smallest absolute Gasteiger partial charge is 0.338 e. The highest BCUT2D eigenvalue weighted by Crippen LogP contribution is 2.36. The lowest BCUT2D eigenvalue weighted by atomic mass is 10.1. The van der Waals surface area contributed by atoms with Crippen molar-refractivity contribution in [2.45, 2.75) is 20.0 Å². The van der Waals surface area contributed by atoms with Crippen molar-refractivity contribution in [3.8, 4) is 0 Å². The Morgan fingerprint density at radius 3 is 2.63 bits per heavy atom. The molecule has 2 aromatic rings. The van der Waals surface area contributed by atoms with Gasteiger partial charge in [0.15, 0.2) is 0 Å². The van der Waals surface area contributed by atoms with E-state index in [9.17, 15) is 14.4 Å². The van der Waals surface area contributed by atoms with E-state index >= 15 is 0 Å². The van der Waals surface area contributed by atoms with E-state index in [-0.39, 0.29) is 0 Å². The van der Waals surface area contributed by atoms with Gasteiger partial charge in [0.1, 0.15) is 5.00 Å². The molecule has 1 aliphatic rings. The molecule has 3 rings (SSSR count). The number of benzene rings is 1. The van der Waals surface area contributed by atoms with Gasteiger partial charge in [-0.15, -0.1) is 11.3 Å². The topological polar surface area (TPSA) is 120 Å². The van der Waals surface area contributed by atoms with Crippen LogP contribution in [0.5, 0.6) is 0 Å². The van der Waals surface area contributed by atoms with Crippen molar-refractivity contribution in [1.29, 1.82) is 0 Å². The molecule has 0 atom stereocenters. The van der Waals surface area contributed by atoms with Gasteiger partial charge in [0.05, 0.1) is 30.9 Å². The molecule has 3 amide bonds. The highest BCUT2D eigenvalue weighted by molar-refractivity contribution is 7.17. The van der Waals surface area contributed by atoms with Crippen LogP contribution in [0.4, 0.5) is 15.5 Å². The fourth-order valence-electron chi connectivity index (χ4n) is 2.75. The van der Waals surface area contributed by atoms with Crippen LogP contribution in [-0.2, 0) is 22.5 Å². The number of nitrogens with one attached hydrogen (secondary N) is 2. The minimum atomic E-state index is -0.580. The monoisotopic (exact) mass is 389 g/mol. The standard InChI is InChI=1S/C18H19N3O5S/c1-2-26-17(23)10-3-5-11(6-4-10)20-18(24)21-16-14(15(19)22)12-7-8-25-9-13(12)27-16/h3-6H,2,7-9H2,1H3,(H2,19,22)(H2,20,21,24). The zero-order valence-electron chi connectivity index (χ0n) is 14.7. The second-order valence-electron chi connectivity index (χ2n) is 5.75. The number of anilines is 2. The highest BCUT2D eigenvalue weighted by atomic mass is 32.1. The first-order valence-electron chi connectivity index (χ1n) is 8.37. The third-order valence-corrected chi connectivity index (χ3v) is 5.07. The van der Waals surface area contributed by atoms with Gasteiger partial charge in [-0.25, -0.2) is 9.59 Å². The Bertz CT molecular complexity index is 876. The van der Waals surface area contributed by atoms with Crippen LogP contribution in [0, 0.1) is 0 Å². The lowest BCUT2D eigenvalue weighted by Crippen LogP contribution is -2.22. The SMILES string of the molecule is CCOC(=O)c1ccc(NC(=O)Nc2sc3c(c2C(N)=O)CCOC3)cc1. The first-order chi connectivity index (χ1) is 13.0. The summed E-state index contributed by atoms with van der Waals surface area (Å²) in [6.45, 7) is 2.94. The van der Waals surface area contributed by atoms with Crippen molar-refractivity contribution in [2.24, 2.45) is 5.73 Å². The van der Waals surface area contributed by atoms with Crippen molar-refractivity contribution in [1.82, 2.24) is 0 Å². The molecule has 0 saturated heterocycles. The summed E-state index contributed by atoms with van der Waals surface area (Å²) in [5, 5.41) is 5.73. The number of thiophene rings is 1. The highest BCUT2D eigenvalue weighted by Gasteiger charge is 2.25. The van der Waals surface area contributed by atoms with Crippen LogP contribution < -0.4 is 16.4 Å². The summed E-state index contributed by atoms with van der Waals surface area (Å²) in [4.78, 5) is 36.7. The van der Waals surface area contributed by atoms with Crippen molar-refractivity contribution >= 4 is 39.9 Å². The van der Waals surface area contributed by atoms with E-state index in [1.807, 2.05) is 0 Å². The second-order valence-corrected chi connectivity index (χ2v) is 6.86. The maximum Gasteiger partial charge on any atom is 0.338 e. The van der Waals surface area contributed by atoms with Crippen LogP contribution >= 0.6 is 11.3 Å². The number of carbonyl (C=O) groups excluding carboxylic acids is 3. The molecule has 0 spiro atoms. The number of esters is 1. The summed E-state index contributed by atoms with van der Waals surface area (Å²) in [7, 11) is 0. The summed E-state index contributed by atoms with van der Waals surface area (Å²) >= 11 is 1.28. The minimum Gasteiger partial charge on any atom is -0.462 e. The van der Waals surface area contributed by atoms with Crippen molar-refractivity contribution < 1.29 is 23.9 Å². The van der Waals surface area contributed by atoms with Crippen LogP contribution in [-0.4, -0.2) is 31.1 Å². The van der Waals surface area contributed by atoms with Crippen LogP contribution in [0.2, 0.25) is 0 Å². The third-order valence-electron chi connectivity index (χ3n) is 3.95. The molecular formula is C18H19N3O5S. The molecule has 0 saturated carbocycles. The van der Waals surface area contributed by atoms with E-state index in [0.717, 1.165) is 10.4 Å². The molecule has 4 N–H and O–H groups in total. The summed E-state index contributed by atoms with van der Waals surface area (Å²) in [5.41, 5.74) is 7.56. The molecule has 1 aromatic heterocycles. The Hall–Kier alpha value is -2.91. The number of urea groups is 1. The Balaban J connectivity index is 1.70. The number of fused-ring (bicyclic) bond motifs is 1. The van der Waals surface area contributed by atoms with E-state index in [1.54, 1.807) is 31.2 Å². The predicted molar refractivity (Wildman–Crippen MR) is 101 cm³/mol. The second kappa shape index (κ2) is 8.19. The number of carbonyl (C=O) groups is 3. The van der Waals surface area contributed by atoms with Crippen molar-refractivity contribution in [2.75, 3.05) is 23.8 Å². The summed E-state index contributed by atoms with van der Waals surface area (Å²) in [5.74, 6) is -1.01. The average molecular weight is 389 g/mol. The Kier molecular flexibility index (Phi) is 5.72. The molecule has 1 aliphatic heterocycles. The summed E-state index contributed by atoms with van der Waals surface area (Å²) in [6.07, 6.45) is 0.586. The van der Waals surface area contributed by atoms with Gasteiger partial charge in [-0.05, 0) is 43.2 Å². The molecule has 1 aromatic carbocycles. The predicted octanol–water partition coefficient (Wildman–Crippen LogP) is 2.74.